The Morgan fingerprint density at radius 2 is 1.64 bits per heavy atom. The number of aliphatic hydroxyl groups excluding tert-OH is 6. The molecule has 2 aliphatic heterocycles. The highest BCUT2D eigenvalue weighted by Crippen LogP contribution is 2.31. The van der Waals surface area contributed by atoms with Crippen LogP contribution in [0.15, 0.2) is 0 Å². The van der Waals surface area contributed by atoms with E-state index >= 15 is 0 Å². The highest BCUT2D eigenvalue weighted by atomic mass is 16.7. The molecule has 18 heteroatoms. The molecule has 0 aromatic heterocycles. The van der Waals surface area contributed by atoms with Gasteiger partial charge in [-0.2, -0.15) is 0 Å². The lowest BCUT2D eigenvalue weighted by Gasteiger charge is -2.48. The van der Waals surface area contributed by atoms with Crippen LogP contribution in [0.3, 0.4) is 0 Å². The molecule has 42 heavy (non-hydrogen) atoms. The molecule has 0 spiro atoms. The zero-order valence-corrected chi connectivity index (χ0v) is 23.4. The van der Waals surface area contributed by atoms with Gasteiger partial charge >= 0.3 is 0 Å². The van der Waals surface area contributed by atoms with Crippen LogP contribution in [0.2, 0.25) is 0 Å². The summed E-state index contributed by atoms with van der Waals surface area (Å²) in [6, 6.07) is -4.11. The van der Waals surface area contributed by atoms with Crippen molar-refractivity contribution < 1.29 is 54.4 Å². The van der Waals surface area contributed by atoms with Crippen LogP contribution in [0.5, 0.6) is 0 Å². The van der Waals surface area contributed by atoms with Crippen molar-refractivity contribution in [3.8, 4) is 0 Å². The van der Waals surface area contributed by atoms with Gasteiger partial charge in [0.2, 0.25) is 5.91 Å². The fourth-order valence-corrected chi connectivity index (χ4v) is 5.31. The average molecular weight is 612 g/mol. The van der Waals surface area contributed by atoms with Crippen LogP contribution in [0.1, 0.15) is 19.3 Å². The van der Waals surface area contributed by atoms with Crippen LogP contribution in [0.25, 0.3) is 0 Å². The maximum absolute atomic E-state index is 12.5. The summed E-state index contributed by atoms with van der Waals surface area (Å²) in [5.41, 5.74) is 29.7. The van der Waals surface area contributed by atoms with Crippen LogP contribution in [-0.2, 0) is 23.7 Å². The summed E-state index contributed by atoms with van der Waals surface area (Å²) in [6.45, 7) is -0.375. The second-order valence-corrected chi connectivity index (χ2v) is 11.2. The molecule has 15 atom stereocenters. The van der Waals surface area contributed by atoms with Crippen LogP contribution < -0.4 is 39.3 Å². The smallest absolute Gasteiger partial charge is 0.250 e. The molecular weight excluding hydrogens is 562 g/mol. The first-order valence-electron chi connectivity index (χ1n) is 14.2. The Bertz CT molecular complexity index is 836. The van der Waals surface area contributed by atoms with E-state index in [4.69, 9.17) is 52.7 Å². The van der Waals surface area contributed by atoms with E-state index in [1.807, 2.05) is 0 Å². The Morgan fingerprint density at radius 3 is 2.29 bits per heavy atom. The van der Waals surface area contributed by atoms with Gasteiger partial charge in [-0.1, -0.05) is 0 Å². The van der Waals surface area contributed by atoms with Crippen molar-refractivity contribution in [3.05, 3.63) is 0 Å². The van der Waals surface area contributed by atoms with Crippen LogP contribution in [-0.4, -0.2) is 161 Å². The summed E-state index contributed by atoms with van der Waals surface area (Å²) >= 11 is 0. The molecule has 2 unspecified atom stereocenters. The quantitative estimate of drug-likeness (QED) is 0.0919. The average Bonchev–Trinajstić information content (AvgIpc) is 2.97. The molecule has 0 aromatic carbocycles. The van der Waals surface area contributed by atoms with Crippen molar-refractivity contribution in [2.45, 2.75) is 111 Å². The molecular formula is C24H49N7O11. The second-order valence-electron chi connectivity index (χ2n) is 11.2. The van der Waals surface area contributed by atoms with Crippen molar-refractivity contribution in [2.75, 3.05) is 32.8 Å². The lowest BCUT2D eigenvalue weighted by Crippen LogP contribution is -2.69. The molecule has 3 aliphatic rings. The van der Waals surface area contributed by atoms with E-state index in [2.05, 4.69) is 10.6 Å². The van der Waals surface area contributed by atoms with Crippen molar-refractivity contribution >= 4 is 5.91 Å². The first kappa shape index (κ1) is 35.3. The van der Waals surface area contributed by atoms with Crippen molar-refractivity contribution in [2.24, 2.45) is 28.7 Å². The number of nitrogens with two attached hydrogens (primary N) is 5. The van der Waals surface area contributed by atoms with Gasteiger partial charge in [0.05, 0.1) is 37.4 Å². The minimum Gasteiger partial charge on any atom is -0.395 e. The van der Waals surface area contributed by atoms with Gasteiger partial charge in [0.1, 0.15) is 42.7 Å². The molecule has 0 radical (unpaired) electrons. The largest absolute Gasteiger partial charge is 0.395 e. The number of nitrogens with one attached hydrogen (secondary N) is 2. The molecule has 1 saturated carbocycles. The second kappa shape index (κ2) is 16.2. The van der Waals surface area contributed by atoms with Gasteiger partial charge in [0.25, 0.3) is 0 Å². The standard InChI is InChI=1S/C24H49N7O11/c25-4-14(34)22(38)31-13-3-12(28)20(41-23-11(27)2-1-10(39-23)6-30-5-9(26)7-32)19(37)21(13)42-24-18(36)16(29)17(35)15(8-33)40-24/h9-21,23-24,30,32-37H,1-8,25-29H2,(H,31,38)/t9?,10-,11+,12-,13+,14-,15+,16-,17+,18+,19-,20?,21-,23+,24+/m0/s1. The number of amides is 1. The zero-order chi connectivity index (χ0) is 31.1. The van der Waals surface area contributed by atoms with E-state index in [0.717, 1.165) is 0 Å². The summed E-state index contributed by atoms with van der Waals surface area (Å²) in [4.78, 5) is 12.5. The number of hydrogen-bond acceptors (Lipinski definition) is 17. The highest BCUT2D eigenvalue weighted by Gasteiger charge is 2.51. The van der Waals surface area contributed by atoms with E-state index in [0.29, 0.717) is 25.9 Å². The summed E-state index contributed by atoms with van der Waals surface area (Å²) in [5.74, 6) is -0.839. The highest BCUT2D eigenvalue weighted by molar-refractivity contribution is 5.81. The van der Waals surface area contributed by atoms with E-state index in [1.165, 1.54) is 0 Å². The summed E-state index contributed by atoms with van der Waals surface area (Å²) < 4.78 is 23.6. The molecule has 2 saturated heterocycles. The van der Waals surface area contributed by atoms with Crippen LogP contribution >= 0.6 is 0 Å². The lowest BCUT2D eigenvalue weighted by molar-refractivity contribution is -0.314. The SMILES string of the molecule is NC[C@H](O)C(=O)N[C@@H]1C[C@H](N)C(O[C@H]2O[C@H](CNCC(N)CO)CC[C@H]2N)[C@H](O)[C@H]1O[C@H]1O[C@H](CO)[C@@H](O)[C@H](N)[C@H]1O. The summed E-state index contributed by atoms with van der Waals surface area (Å²) in [6.07, 6.45) is -11.3. The van der Waals surface area contributed by atoms with Crippen molar-refractivity contribution in [1.29, 1.82) is 0 Å². The van der Waals surface area contributed by atoms with E-state index in [9.17, 15) is 30.3 Å². The fraction of sp³-hybridized carbons (Fsp3) is 0.958. The van der Waals surface area contributed by atoms with Gasteiger partial charge in [-0.15, -0.1) is 0 Å². The van der Waals surface area contributed by atoms with Crippen molar-refractivity contribution in [3.63, 3.8) is 0 Å². The number of hydrogen-bond donors (Lipinski definition) is 13. The van der Waals surface area contributed by atoms with Gasteiger partial charge in [-0.25, -0.2) is 0 Å². The summed E-state index contributed by atoms with van der Waals surface area (Å²) in [5, 5.41) is 66.6. The maximum atomic E-state index is 12.5. The van der Waals surface area contributed by atoms with Crippen LogP contribution in [0.4, 0.5) is 0 Å². The van der Waals surface area contributed by atoms with E-state index in [1.54, 1.807) is 0 Å². The third kappa shape index (κ3) is 8.72. The molecule has 1 amide bonds. The summed E-state index contributed by atoms with van der Waals surface area (Å²) in [7, 11) is 0. The van der Waals surface area contributed by atoms with E-state index < -0.39 is 98.0 Å². The number of aliphatic hydroxyl groups is 6. The maximum Gasteiger partial charge on any atom is 0.250 e. The molecule has 1 aliphatic carbocycles. The topological polar surface area (TPSA) is 330 Å². The Balaban J connectivity index is 1.76. The molecule has 18 nitrogen and oxygen atoms in total. The minimum atomic E-state index is -1.57. The Labute approximate surface area is 243 Å². The number of rotatable bonds is 13. The first-order chi connectivity index (χ1) is 19.9. The van der Waals surface area contributed by atoms with Gasteiger partial charge in [0.15, 0.2) is 12.6 Å². The first-order valence-corrected chi connectivity index (χ1v) is 14.2. The molecule has 3 rings (SSSR count). The van der Waals surface area contributed by atoms with Gasteiger partial charge < -0.3 is 88.9 Å². The number of carbonyl (C=O) groups excluding carboxylic acids is 1. The molecule has 0 aromatic rings. The van der Waals surface area contributed by atoms with E-state index in [-0.39, 0.29) is 25.7 Å². The lowest BCUT2D eigenvalue weighted by atomic mass is 9.83. The normalized spacial score (nSPS) is 42.6. The molecule has 3 fully saturated rings. The molecule has 246 valence electrons. The third-order valence-corrected chi connectivity index (χ3v) is 7.90. The predicted molar refractivity (Wildman–Crippen MR) is 145 cm³/mol. The predicted octanol–water partition coefficient (Wildman–Crippen LogP) is -7.84. The van der Waals surface area contributed by atoms with Gasteiger partial charge in [-0.05, 0) is 19.3 Å². The van der Waals surface area contributed by atoms with Crippen LogP contribution in [0, 0.1) is 0 Å². The Morgan fingerprint density at radius 1 is 0.952 bits per heavy atom. The monoisotopic (exact) mass is 611 g/mol. The van der Waals surface area contributed by atoms with Gasteiger partial charge in [0, 0.05) is 31.7 Å². The minimum absolute atomic E-state index is 0.0116. The zero-order valence-electron chi connectivity index (χ0n) is 23.4. The Hall–Kier alpha value is -1.17. The molecule has 2 heterocycles. The number of carbonyl (C=O) groups is 1. The molecule has 18 N–H and O–H groups in total. The fourth-order valence-electron chi connectivity index (χ4n) is 5.31. The number of ether oxygens (including phenoxy) is 4. The van der Waals surface area contributed by atoms with Crippen molar-refractivity contribution in [1.82, 2.24) is 10.6 Å². The van der Waals surface area contributed by atoms with Gasteiger partial charge in [-0.3, -0.25) is 4.79 Å². The molecule has 0 bridgehead atoms. The third-order valence-electron chi connectivity index (χ3n) is 7.90. The Kier molecular flexibility index (Phi) is 13.6.